The molecule has 9 heteroatoms. The molecule has 36 heavy (non-hydrogen) atoms. The third-order valence-corrected chi connectivity index (χ3v) is 8.15. The van der Waals surface area contributed by atoms with Crippen molar-refractivity contribution in [2.45, 2.75) is 39.2 Å². The predicted octanol–water partition coefficient (Wildman–Crippen LogP) is 6.87. The number of hydrogen-bond acceptors (Lipinski definition) is 6. The van der Waals surface area contributed by atoms with Crippen LogP contribution in [-0.2, 0) is 15.0 Å². The summed E-state index contributed by atoms with van der Waals surface area (Å²) in [4.78, 5) is 32.8. The molecule has 2 aromatic heterocycles. The van der Waals surface area contributed by atoms with Gasteiger partial charge in [0.05, 0.1) is 10.3 Å². The quantitative estimate of drug-likeness (QED) is 0.180. The van der Waals surface area contributed by atoms with Crippen LogP contribution in [0.15, 0.2) is 53.4 Å². The summed E-state index contributed by atoms with van der Waals surface area (Å²) in [5.74, 6) is -3.65. The zero-order valence-electron chi connectivity index (χ0n) is 19.9. The highest BCUT2D eigenvalue weighted by Crippen LogP contribution is 2.46. The Balaban J connectivity index is 1.73. The van der Waals surface area contributed by atoms with E-state index in [-0.39, 0.29) is 32.1 Å². The first-order chi connectivity index (χ1) is 17.0. The SMILES string of the molecule is Cc1ccc(C(C)(C)C)cc1/C(O)=C1\C(=O)C(=O)N(c2nc3c(F)cc(F)cc3s2)C1c1cccs1. The van der Waals surface area contributed by atoms with Crippen LogP contribution in [-0.4, -0.2) is 21.8 Å². The number of aliphatic hydroxyl groups excluding tert-OH is 1. The maximum atomic E-state index is 14.4. The molecule has 1 amide bonds. The lowest BCUT2D eigenvalue weighted by Crippen LogP contribution is -2.28. The molecule has 5 nitrogen and oxygen atoms in total. The molecule has 5 rings (SSSR count). The van der Waals surface area contributed by atoms with E-state index in [9.17, 15) is 23.5 Å². The number of amides is 1. The number of ketones is 1. The van der Waals surface area contributed by atoms with Crippen molar-refractivity contribution >= 4 is 55.5 Å². The number of nitrogens with zero attached hydrogens (tertiary/aromatic N) is 2. The van der Waals surface area contributed by atoms with Gasteiger partial charge in [-0.3, -0.25) is 14.5 Å². The highest BCUT2D eigenvalue weighted by Gasteiger charge is 2.48. The van der Waals surface area contributed by atoms with Gasteiger partial charge in [-0.2, -0.15) is 0 Å². The minimum atomic E-state index is -0.962. The van der Waals surface area contributed by atoms with Crippen LogP contribution in [0, 0.1) is 18.6 Å². The maximum absolute atomic E-state index is 14.4. The van der Waals surface area contributed by atoms with Gasteiger partial charge >= 0.3 is 5.91 Å². The van der Waals surface area contributed by atoms with Crippen LogP contribution in [0.4, 0.5) is 13.9 Å². The molecule has 4 aromatic rings. The molecule has 1 fully saturated rings. The van der Waals surface area contributed by atoms with Gasteiger partial charge in [-0.15, -0.1) is 11.3 Å². The van der Waals surface area contributed by atoms with Gasteiger partial charge in [0.1, 0.15) is 23.1 Å². The number of benzene rings is 2. The van der Waals surface area contributed by atoms with Crippen molar-refractivity contribution in [1.29, 1.82) is 0 Å². The van der Waals surface area contributed by atoms with Crippen LogP contribution in [0.2, 0.25) is 0 Å². The van der Waals surface area contributed by atoms with Crippen molar-refractivity contribution in [3.63, 3.8) is 0 Å². The molecular formula is C27H22F2N2O3S2. The smallest absolute Gasteiger partial charge is 0.301 e. The first kappa shape index (κ1) is 24.3. The van der Waals surface area contributed by atoms with Crippen molar-refractivity contribution in [2.75, 3.05) is 4.90 Å². The molecule has 3 heterocycles. The molecule has 1 aliphatic heterocycles. The van der Waals surface area contributed by atoms with Crippen LogP contribution < -0.4 is 4.90 Å². The molecule has 1 N–H and O–H groups in total. The summed E-state index contributed by atoms with van der Waals surface area (Å²) < 4.78 is 28.4. The molecule has 1 aliphatic rings. The van der Waals surface area contributed by atoms with Crippen LogP contribution in [0.1, 0.15) is 48.4 Å². The van der Waals surface area contributed by atoms with Gasteiger partial charge in [-0.1, -0.05) is 50.3 Å². The Morgan fingerprint density at radius 1 is 1.11 bits per heavy atom. The summed E-state index contributed by atoms with van der Waals surface area (Å²) in [5, 5.41) is 13.3. The lowest BCUT2D eigenvalue weighted by molar-refractivity contribution is -0.132. The Hall–Kier alpha value is -3.43. The monoisotopic (exact) mass is 524 g/mol. The van der Waals surface area contributed by atoms with E-state index >= 15 is 0 Å². The summed E-state index contributed by atoms with van der Waals surface area (Å²) in [5.41, 5.74) is 1.80. The van der Waals surface area contributed by atoms with E-state index in [1.165, 1.54) is 16.2 Å². The number of carbonyl (C=O) groups is 2. The number of rotatable bonds is 3. The molecule has 2 aromatic carbocycles. The fourth-order valence-electron chi connectivity index (χ4n) is 4.28. The van der Waals surface area contributed by atoms with Gasteiger partial charge < -0.3 is 5.11 Å². The number of fused-ring (bicyclic) bond motifs is 1. The first-order valence-corrected chi connectivity index (χ1v) is 12.9. The number of aliphatic hydroxyl groups is 1. The second-order valence-electron chi connectivity index (χ2n) is 9.70. The molecule has 0 bridgehead atoms. The highest BCUT2D eigenvalue weighted by atomic mass is 32.1. The number of aromatic nitrogens is 1. The highest BCUT2D eigenvalue weighted by molar-refractivity contribution is 7.22. The fourth-order valence-corrected chi connectivity index (χ4v) is 6.14. The van der Waals surface area contributed by atoms with Gasteiger partial charge in [0.15, 0.2) is 10.9 Å². The standard InChI is InChI=1S/C27H22F2N2O3S2/c1-13-7-8-14(27(2,3)4)10-16(13)23(32)20-22(18-6-5-9-35-18)31(25(34)24(20)33)26-30-21-17(29)11-15(28)12-19(21)36-26/h5-12,22,32H,1-4H3/b23-20+. The molecule has 1 unspecified atom stereocenters. The van der Waals surface area contributed by atoms with Crippen LogP contribution in [0.5, 0.6) is 0 Å². The van der Waals surface area contributed by atoms with E-state index in [1.807, 2.05) is 45.9 Å². The summed E-state index contributed by atoms with van der Waals surface area (Å²) in [6.07, 6.45) is 0. The van der Waals surface area contributed by atoms with Gasteiger partial charge in [0.2, 0.25) is 0 Å². The van der Waals surface area contributed by atoms with Gasteiger partial charge in [0.25, 0.3) is 5.78 Å². The van der Waals surface area contributed by atoms with Gasteiger partial charge in [-0.05, 0) is 47.0 Å². The number of thiophene rings is 1. The average Bonchev–Trinajstić information content (AvgIpc) is 3.52. The number of thiazole rings is 1. The number of hydrogen-bond donors (Lipinski definition) is 1. The van der Waals surface area contributed by atoms with Crippen LogP contribution >= 0.6 is 22.7 Å². The maximum Gasteiger partial charge on any atom is 0.301 e. The van der Waals surface area contributed by atoms with E-state index in [2.05, 4.69) is 4.98 Å². The average molecular weight is 525 g/mol. The van der Waals surface area contributed by atoms with E-state index in [0.29, 0.717) is 10.4 Å². The van der Waals surface area contributed by atoms with Gasteiger partial charge in [-0.25, -0.2) is 13.8 Å². The summed E-state index contributed by atoms with van der Waals surface area (Å²) in [7, 11) is 0. The van der Waals surface area contributed by atoms with Crippen LogP contribution in [0.25, 0.3) is 16.0 Å². The molecule has 1 atom stereocenters. The Morgan fingerprint density at radius 3 is 2.53 bits per heavy atom. The van der Waals surface area contributed by atoms with Crippen molar-refractivity contribution in [3.8, 4) is 0 Å². The minimum absolute atomic E-state index is 0.0502. The Kier molecular flexibility index (Phi) is 5.80. The number of carbonyl (C=O) groups excluding carboxylic acids is 2. The Bertz CT molecular complexity index is 1570. The minimum Gasteiger partial charge on any atom is -0.507 e. The number of halogens is 2. The number of aryl methyl sites for hydroxylation is 1. The molecular weight excluding hydrogens is 502 g/mol. The summed E-state index contributed by atoms with van der Waals surface area (Å²) in [6, 6.07) is 10.1. The van der Waals surface area contributed by atoms with E-state index < -0.39 is 29.4 Å². The predicted molar refractivity (Wildman–Crippen MR) is 139 cm³/mol. The van der Waals surface area contributed by atoms with E-state index in [1.54, 1.807) is 17.5 Å². The zero-order chi connectivity index (χ0) is 25.9. The first-order valence-electron chi connectivity index (χ1n) is 11.2. The lowest BCUT2D eigenvalue weighted by atomic mass is 9.84. The zero-order valence-corrected chi connectivity index (χ0v) is 21.6. The molecule has 184 valence electrons. The topological polar surface area (TPSA) is 70.5 Å². The normalized spacial score (nSPS) is 17.9. The molecule has 0 aliphatic carbocycles. The molecule has 1 saturated heterocycles. The van der Waals surface area contributed by atoms with E-state index in [4.69, 9.17) is 0 Å². The number of Topliss-reactive ketones (excluding diaryl/α,β-unsaturated/α-hetero) is 1. The third kappa shape index (κ3) is 3.92. The van der Waals surface area contributed by atoms with Crippen LogP contribution in [0.3, 0.4) is 0 Å². The Morgan fingerprint density at radius 2 is 1.86 bits per heavy atom. The molecule has 0 spiro atoms. The molecule has 0 radical (unpaired) electrons. The third-order valence-electron chi connectivity index (χ3n) is 6.22. The molecule has 0 saturated carbocycles. The van der Waals surface area contributed by atoms with Crippen molar-refractivity contribution in [3.05, 3.63) is 86.6 Å². The fraction of sp³-hybridized carbons (Fsp3) is 0.222. The Labute approximate surface area is 214 Å². The van der Waals surface area contributed by atoms with Crippen molar-refractivity contribution in [2.24, 2.45) is 0 Å². The summed E-state index contributed by atoms with van der Waals surface area (Å²) in [6.45, 7) is 7.95. The number of anilines is 1. The van der Waals surface area contributed by atoms with Crippen molar-refractivity contribution in [1.82, 2.24) is 4.98 Å². The second-order valence-corrected chi connectivity index (χ2v) is 11.7. The second kappa shape index (κ2) is 8.60. The van der Waals surface area contributed by atoms with E-state index in [0.717, 1.165) is 34.6 Å². The summed E-state index contributed by atoms with van der Waals surface area (Å²) >= 11 is 2.22. The van der Waals surface area contributed by atoms with Gasteiger partial charge in [0, 0.05) is 16.5 Å². The lowest BCUT2D eigenvalue weighted by Gasteiger charge is -2.23. The largest absolute Gasteiger partial charge is 0.507 e. The van der Waals surface area contributed by atoms with Crippen molar-refractivity contribution < 1.29 is 23.5 Å².